The predicted molar refractivity (Wildman–Crippen MR) is 128 cm³/mol. The maximum atomic E-state index is 14.9. The van der Waals surface area contributed by atoms with Crippen molar-refractivity contribution in [2.75, 3.05) is 0 Å². The van der Waals surface area contributed by atoms with Crippen LogP contribution in [0.1, 0.15) is 63.4 Å². The lowest BCUT2D eigenvalue weighted by Crippen LogP contribution is -2.17. The summed E-state index contributed by atoms with van der Waals surface area (Å²) in [6.45, 7) is 2.24. The van der Waals surface area contributed by atoms with Gasteiger partial charge in [-0.3, -0.25) is 0 Å². The highest BCUT2D eigenvalue weighted by Gasteiger charge is 2.32. The van der Waals surface area contributed by atoms with Gasteiger partial charge >= 0.3 is 6.36 Å². The van der Waals surface area contributed by atoms with E-state index >= 15 is 0 Å². The Bertz CT molecular complexity index is 1130. The Morgan fingerprint density at radius 3 is 2.00 bits per heavy atom. The zero-order valence-corrected chi connectivity index (χ0v) is 19.7. The van der Waals surface area contributed by atoms with Crippen molar-refractivity contribution in [2.24, 2.45) is 5.92 Å². The van der Waals surface area contributed by atoms with Crippen LogP contribution in [0.25, 0.3) is 22.3 Å². The largest absolute Gasteiger partial charge is 0.573 e. The Hall–Kier alpha value is -2.89. The molecular weight excluding hydrogens is 459 g/mol. The summed E-state index contributed by atoms with van der Waals surface area (Å²) in [4.78, 5) is 0. The van der Waals surface area contributed by atoms with E-state index in [2.05, 4.69) is 23.8 Å². The van der Waals surface area contributed by atoms with Gasteiger partial charge in [-0.05, 0) is 78.0 Å². The van der Waals surface area contributed by atoms with Gasteiger partial charge in [0.05, 0.1) is 0 Å². The van der Waals surface area contributed by atoms with Crippen molar-refractivity contribution < 1.29 is 26.7 Å². The molecule has 186 valence electrons. The summed E-state index contributed by atoms with van der Waals surface area (Å²) in [6, 6.07) is 15.7. The van der Waals surface area contributed by atoms with Gasteiger partial charge in [0.2, 0.25) is 0 Å². The number of ether oxygens (including phenoxy) is 1. The molecule has 4 rings (SSSR count). The first-order chi connectivity index (χ1) is 16.7. The van der Waals surface area contributed by atoms with E-state index in [0.717, 1.165) is 23.6 Å². The summed E-state index contributed by atoms with van der Waals surface area (Å²) in [5.74, 6) is -1.32. The smallest absolute Gasteiger partial charge is 0.403 e. The van der Waals surface area contributed by atoms with Crippen molar-refractivity contribution >= 4 is 0 Å². The summed E-state index contributed by atoms with van der Waals surface area (Å²) in [7, 11) is 0. The molecular formula is C29H29F5O. The van der Waals surface area contributed by atoms with Crippen molar-refractivity contribution in [3.63, 3.8) is 0 Å². The summed E-state index contributed by atoms with van der Waals surface area (Å²) in [6.07, 6.45) is 3.88. The molecule has 0 aliphatic heterocycles. The zero-order valence-electron chi connectivity index (χ0n) is 19.7. The van der Waals surface area contributed by atoms with Crippen LogP contribution in [0.2, 0.25) is 0 Å². The van der Waals surface area contributed by atoms with Crippen molar-refractivity contribution in [3.05, 3.63) is 77.9 Å². The summed E-state index contributed by atoms with van der Waals surface area (Å²) < 4.78 is 69.6. The SMILES string of the molecule is CCCCC1CCC(c2ccc(-c3ccc(-c4ccc(OC(F)(F)F)c(F)c4)c(F)c3)cc2)CC1. The Labute approximate surface area is 202 Å². The minimum Gasteiger partial charge on any atom is -0.403 e. The maximum Gasteiger partial charge on any atom is 0.573 e. The molecule has 0 aromatic heterocycles. The Morgan fingerprint density at radius 2 is 1.40 bits per heavy atom. The van der Waals surface area contributed by atoms with Crippen LogP contribution in [0.15, 0.2) is 60.7 Å². The average Bonchev–Trinajstić information content (AvgIpc) is 2.84. The fraction of sp³-hybridized carbons (Fsp3) is 0.379. The molecule has 0 atom stereocenters. The molecule has 0 amide bonds. The third-order valence-electron chi connectivity index (χ3n) is 6.97. The first kappa shape index (κ1) is 25.2. The number of benzene rings is 3. The fourth-order valence-electron chi connectivity index (χ4n) is 5.03. The van der Waals surface area contributed by atoms with Gasteiger partial charge in [-0.1, -0.05) is 68.7 Å². The molecule has 3 aromatic rings. The quantitative estimate of drug-likeness (QED) is 0.301. The number of rotatable bonds is 7. The number of unbranched alkanes of at least 4 members (excludes halogenated alkanes) is 1. The van der Waals surface area contributed by atoms with Crippen molar-refractivity contribution in [1.29, 1.82) is 0 Å². The molecule has 0 spiro atoms. The normalized spacial score (nSPS) is 18.5. The first-order valence-corrected chi connectivity index (χ1v) is 12.2. The number of hydrogen-bond donors (Lipinski definition) is 0. The second-order valence-electron chi connectivity index (χ2n) is 9.37. The van der Waals surface area contributed by atoms with E-state index in [1.54, 1.807) is 6.07 Å². The average molecular weight is 489 g/mol. The fourth-order valence-corrected chi connectivity index (χ4v) is 5.03. The molecule has 1 saturated carbocycles. The van der Waals surface area contributed by atoms with E-state index in [1.165, 1.54) is 68.7 Å². The topological polar surface area (TPSA) is 9.23 Å². The predicted octanol–water partition coefficient (Wildman–Crippen LogP) is 9.66. The van der Waals surface area contributed by atoms with Gasteiger partial charge in [-0.25, -0.2) is 8.78 Å². The lowest BCUT2D eigenvalue weighted by Gasteiger charge is -2.29. The molecule has 1 fully saturated rings. The van der Waals surface area contributed by atoms with E-state index in [1.807, 2.05) is 12.1 Å². The summed E-state index contributed by atoms with van der Waals surface area (Å²) in [5.41, 5.74) is 3.10. The number of halogens is 5. The molecule has 0 radical (unpaired) electrons. The second-order valence-corrected chi connectivity index (χ2v) is 9.37. The maximum absolute atomic E-state index is 14.9. The molecule has 3 aromatic carbocycles. The summed E-state index contributed by atoms with van der Waals surface area (Å²) in [5, 5.41) is 0. The van der Waals surface area contributed by atoms with Crippen LogP contribution in [0.4, 0.5) is 22.0 Å². The van der Waals surface area contributed by atoms with E-state index in [-0.39, 0.29) is 11.1 Å². The standard InChI is InChI=1S/C29H29F5O/c1-2-3-4-19-5-7-20(8-6-19)21-9-11-22(12-10-21)23-13-15-25(26(30)17-23)24-14-16-28(27(31)18-24)35-29(32,33)34/h9-20H,2-8H2,1H3. The van der Waals surface area contributed by atoms with E-state index in [9.17, 15) is 22.0 Å². The molecule has 1 nitrogen and oxygen atoms in total. The molecule has 35 heavy (non-hydrogen) atoms. The monoisotopic (exact) mass is 488 g/mol. The van der Waals surface area contributed by atoms with E-state index in [0.29, 0.717) is 11.5 Å². The molecule has 0 N–H and O–H groups in total. The van der Waals surface area contributed by atoms with Gasteiger partial charge in [0, 0.05) is 5.56 Å². The molecule has 1 aliphatic carbocycles. The molecule has 0 heterocycles. The van der Waals surface area contributed by atoms with Crippen LogP contribution < -0.4 is 4.74 Å². The third kappa shape index (κ3) is 6.41. The second kappa shape index (κ2) is 10.8. The molecule has 0 saturated heterocycles. The highest BCUT2D eigenvalue weighted by molar-refractivity contribution is 5.71. The minimum absolute atomic E-state index is 0.0997. The van der Waals surface area contributed by atoms with Crippen molar-refractivity contribution in [2.45, 2.75) is 64.1 Å². The number of hydrogen-bond acceptors (Lipinski definition) is 1. The third-order valence-corrected chi connectivity index (χ3v) is 6.97. The Balaban J connectivity index is 1.45. The number of alkyl halides is 3. The molecule has 1 aliphatic rings. The highest BCUT2D eigenvalue weighted by Crippen LogP contribution is 2.38. The molecule has 6 heteroatoms. The zero-order chi connectivity index (χ0) is 25.0. The van der Waals surface area contributed by atoms with Crippen molar-refractivity contribution in [1.82, 2.24) is 0 Å². The van der Waals surface area contributed by atoms with Gasteiger partial charge in [0.25, 0.3) is 0 Å². The molecule has 0 bridgehead atoms. The highest BCUT2D eigenvalue weighted by atomic mass is 19.4. The van der Waals surface area contributed by atoms with Gasteiger partial charge in [0.15, 0.2) is 11.6 Å². The van der Waals surface area contributed by atoms with Gasteiger partial charge < -0.3 is 4.74 Å². The van der Waals surface area contributed by atoms with E-state index < -0.39 is 23.7 Å². The molecule has 0 unspecified atom stereocenters. The van der Waals surface area contributed by atoms with E-state index in [4.69, 9.17) is 0 Å². The van der Waals surface area contributed by atoms with Crippen molar-refractivity contribution in [3.8, 4) is 28.0 Å². The van der Waals surface area contributed by atoms with Gasteiger partial charge in [0.1, 0.15) is 5.82 Å². The van der Waals surface area contributed by atoms with Crippen LogP contribution in [0, 0.1) is 17.6 Å². The van der Waals surface area contributed by atoms with Gasteiger partial charge in [-0.2, -0.15) is 0 Å². The Kier molecular flexibility index (Phi) is 7.78. The lowest BCUT2D eigenvalue weighted by atomic mass is 9.77. The van der Waals surface area contributed by atoms with Crippen LogP contribution in [0.5, 0.6) is 5.75 Å². The van der Waals surface area contributed by atoms with Crippen LogP contribution in [-0.2, 0) is 0 Å². The van der Waals surface area contributed by atoms with Gasteiger partial charge in [-0.15, -0.1) is 13.2 Å². The summed E-state index contributed by atoms with van der Waals surface area (Å²) >= 11 is 0. The van der Waals surface area contributed by atoms with Crippen LogP contribution >= 0.6 is 0 Å². The lowest BCUT2D eigenvalue weighted by molar-refractivity contribution is -0.275. The van der Waals surface area contributed by atoms with Crippen LogP contribution in [-0.4, -0.2) is 6.36 Å². The van der Waals surface area contributed by atoms with Crippen LogP contribution in [0.3, 0.4) is 0 Å². The minimum atomic E-state index is -5.00. The first-order valence-electron chi connectivity index (χ1n) is 12.2. The Morgan fingerprint density at radius 1 is 0.771 bits per heavy atom.